The Kier molecular flexibility index (Phi) is 4.54. The number of anilines is 1. The second kappa shape index (κ2) is 7.20. The standard InChI is InChI=1S/C20H21N3O4S/c24-19-15-9-17-18(27-7-6-26-17)10-16(15)23(20(19)25)13-22-4-2-21(3-5-22)11-14-1-8-28-12-14/h1,8-10,12H,2-7,11,13H2/p+2. The van der Waals surface area contributed by atoms with Crippen LogP contribution in [0, 0.1) is 0 Å². The Hall–Kier alpha value is -2.42. The SMILES string of the molecule is O=C1C(=O)N(C[NH+]2CC[NH+](Cc3ccsc3)CC2)c2cc3c(cc21)OCCO3. The number of hydrogen-bond donors (Lipinski definition) is 2. The number of hydrogen-bond acceptors (Lipinski definition) is 5. The third-order valence-electron chi connectivity index (χ3n) is 5.72. The van der Waals surface area contributed by atoms with Gasteiger partial charge in [0.2, 0.25) is 0 Å². The number of fused-ring (bicyclic) bond motifs is 2. The summed E-state index contributed by atoms with van der Waals surface area (Å²) in [6.07, 6.45) is 0. The van der Waals surface area contributed by atoms with Crippen molar-refractivity contribution in [3.63, 3.8) is 0 Å². The lowest BCUT2D eigenvalue weighted by atomic mass is 10.1. The molecule has 1 amide bonds. The van der Waals surface area contributed by atoms with Crippen molar-refractivity contribution in [2.75, 3.05) is 51.0 Å². The summed E-state index contributed by atoms with van der Waals surface area (Å²) >= 11 is 1.74. The second-order valence-electron chi connectivity index (χ2n) is 7.54. The normalized spacial score (nSPS) is 23.8. The Balaban J connectivity index is 1.28. The molecule has 2 aromatic rings. The number of quaternary nitrogens is 2. The van der Waals surface area contributed by atoms with Crippen LogP contribution in [0.3, 0.4) is 0 Å². The predicted molar refractivity (Wildman–Crippen MR) is 104 cm³/mol. The first-order valence-electron chi connectivity index (χ1n) is 9.67. The van der Waals surface area contributed by atoms with Gasteiger partial charge < -0.3 is 19.3 Å². The average molecular weight is 401 g/mol. The van der Waals surface area contributed by atoms with Gasteiger partial charge in [-0.3, -0.25) is 14.5 Å². The van der Waals surface area contributed by atoms with Crippen molar-refractivity contribution in [3.8, 4) is 11.5 Å². The minimum atomic E-state index is -0.451. The number of benzene rings is 1. The molecule has 3 aliphatic rings. The molecule has 0 saturated carbocycles. The predicted octanol–water partition coefficient (Wildman–Crippen LogP) is -1.01. The lowest BCUT2D eigenvalue weighted by Crippen LogP contribution is -3.28. The number of ether oxygens (including phenoxy) is 2. The fourth-order valence-electron chi connectivity index (χ4n) is 4.18. The minimum absolute atomic E-state index is 0.426. The number of Topliss-reactive ketones (excluding diaryl/α,β-unsaturated/α-hetero) is 1. The maximum Gasteiger partial charge on any atom is 0.303 e. The van der Waals surface area contributed by atoms with E-state index in [1.807, 2.05) is 0 Å². The van der Waals surface area contributed by atoms with Gasteiger partial charge in [-0.05, 0) is 22.9 Å². The summed E-state index contributed by atoms with van der Waals surface area (Å²) in [4.78, 5) is 29.6. The first-order valence-corrected chi connectivity index (χ1v) is 10.6. The molecule has 1 aromatic heterocycles. The molecule has 28 heavy (non-hydrogen) atoms. The molecule has 4 heterocycles. The molecular formula is C20H23N3O4S+2. The number of ketones is 1. The summed E-state index contributed by atoms with van der Waals surface area (Å²) < 4.78 is 11.2. The maximum absolute atomic E-state index is 12.6. The summed E-state index contributed by atoms with van der Waals surface area (Å²) in [5, 5.41) is 4.33. The maximum atomic E-state index is 12.6. The van der Waals surface area contributed by atoms with Gasteiger partial charge in [0.15, 0.2) is 18.2 Å². The number of nitrogens with one attached hydrogen (secondary N) is 2. The van der Waals surface area contributed by atoms with Crippen molar-refractivity contribution >= 4 is 28.7 Å². The van der Waals surface area contributed by atoms with Crippen LogP contribution in [0.25, 0.3) is 0 Å². The van der Waals surface area contributed by atoms with Gasteiger partial charge in [-0.15, -0.1) is 0 Å². The Bertz CT molecular complexity index is 906. The van der Waals surface area contributed by atoms with Crippen LogP contribution in [0.15, 0.2) is 29.0 Å². The highest BCUT2D eigenvalue weighted by molar-refractivity contribution is 7.07. The topological polar surface area (TPSA) is 64.7 Å². The van der Waals surface area contributed by atoms with Crippen LogP contribution in [-0.2, 0) is 11.3 Å². The molecule has 7 nitrogen and oxygen atoms in total. The second-order valence-corrected chi connectivity index (χ2v) is 8.32. The quantitative estimate of drug-likeness (QED) is 0.645. The van der Waals surface area contributed by atoms with Crippen LogP contribution in [0.2, 0.25) is 0 Å². The van der Waals surface area contributed by atoms with E-state index in [0.29, 0.717) is 42.6 Å². The number of piperazine rings is 1. The van der Waals surface area contributed by atoms with Gasteiger partial charge in [0.1, 0.15) is 45.9 Å². The highest BCUT2D eigenvalue weighted by Crippen LogP contribution is 2.40. The van der Waals surface area contributed by atoms with Crippen LogP contribution in [0.5, 0.6) is 11.5 Å². The van der Waals surface area contributed by atoms with Gasteiger partial charge in [0.25, 0.3) is 5.78 Å². The zero-order chi connectivity index (χ0) is 19.1. The van der Waals surface area contributed by atoms with E-state index in [4.69, 9.17) is 9.47 Å². The molecule has 3 aliphatic heterocycles. The molecule has 0 spiro atoms. The Morgan fingerprint density at radius 2 is 1.71 bits per heavy atom. The van der Waals surface area contributed by atoms with Crippen LogP contribution in [-0.4, -0.2) is 57.8 Å². The van der Waals surface area contributed by atoms with E-state index >= 15 is 0 Å². The highest BCUT2D eigenvalue weighted by Gasteiger charge is 2.40. The van der Waals surface area contributed by atoms with Crippen molar-refractivity contribution < 1.29 is 28.9 Å². The lowest BCUT2D eigenvalue weighted by molar-refractivity contribution is -1.02. The number of rotatable bonds is 4. The third kappa shape index (κ3) is 3.17. The number of carbonyl (C=O) groups excluding carboxylic acids is 2. The van der Waals surface area contributed by atoms with Crippen LogP contribution in [0.1, 0.15) is 15.9 Å². The van der Waals surface area contributed by atoms with E-state index in [9.17, 15) is 9.59 Å². The number of amides is 1. The summed E-state index contributed by atoms with van der Waals surface area (Å²) in [7, 11) is 0. The Morgan fingerprint density at radius 3 is 2.43 bits per heavy atom. The van der Waals surface area contributed by atoms with Crippen molar-refractivity contribution in [2.45, 2.75) is 6.54 Å². The number of carbonyl (C=O) groups is 2. The summed E-state index contributed by atoms with van der Waals surface area (Å²) in [6.45, 7) is 6.61. The van der Waals surface area contributed by atoms with E-state index in [1.54, 1.807) is 33.3 Å². The average Bonchev–Trinajstić information content (AvgIpc) is 3.31. The first-order chi connectivity index (χ1) is 13.7. The minimum Gasteiger partial charge on any atom is -0.486 e. The Morgan fingerprint density at radius 1 is 1.00 bits per heavy atom. The molecule has 146 valence electrons. The molecule has 1 fully saturated rings. The summed E-state index contributed by atoms with van der Waals surface area (Å²) in [6, 6.07) is 5.63. The smallest absolute Gasteiger partial charge is 0.303 e. The summed E-state index contributed by atoms with van der Waals surface area (Å²) in [5.74, 6) is 0.259. The fraction of sp³-hybridized carbons (Fsp3) is 0.400. The molecule has 0 atom stereocenters. The fourth-order valence-corrected chi connectivity index (χ4v) is 4.85. The molecule has 2 N–H and O–H groups in total. The zero-order valence-corrected chi connectivity index (χ0v) is 16.3. The lowest BCUT2D eigenvalue weighted by Gasteiger charge is -2.32. The monoisotopic (exact) mass is 401 g/mol. The van der Waals surface area contributed by atoms with E-state index in [-0.39, 0.29) is 0 Å². The van der Waals surface area contributed by atoms with Gasteiger partial charge in [-0.1, -0.05) is 0 Å². The Labute approximate surface area is 167 Å². The molecule has 0 radical (unpaired) electrons. The number of thiophene rings is 1. The van der Waals surface area contributed by atoms with E-state index in [1.165, 1.54) is 10.5 Å². The van der Waals surface area contributed by atoms with Gasteiger partial charge in [0.05, 0.1) is 11.3 Å². The van der Waals surface area contributed by atoms with Gasteiger partial charge >= 0.3 is 5.91 Å². The molecule has 0 aliphatic carbocycles. The highest BCUT2D eigenvalue weighted by atomic mass is 32.1. The molecule has 0 unspecified atom stereocenters. The van der Waals surface area contributed by atoms with Crippen molar-refractivity contribution in [1.29, 1.82) is 0 Å². The van der Waals surface area contributed by atoms with E-state index < -0.39 is 11.7 Å². The molecule has 8 heteroatoms. The molecule has 5 rings (SSSR count). The van der Waals surface area contributed by atoms with E-state index in [2.05, 4.69) is 16.8 Å². The van der Waals surface area contributed by atoms with E-state index in [0.717, 1.165) is 32.7 Å². The molecular weight excluding hydrogens is 378 g/mol. The van der Waals surface area contributed by atoms with Gasteiger partial charge in [0, 0.05) is 11.6 Å². The molecule has 1 saturated heterocycles. The molecule has 0 bridgehead atoms. The van der Waals surface area contributed by atoms with Crippen LogP contribution >= 0.6 is 11.3 Å². The van der Waals surface area contributed by atoms with Crippen molar-refractivity contribution in [1.82, 2.24) is 0 Å². The van der Waals surface area contributed by atoms with Crippen LogP contribution < -0.4 is 24.2 Å². The molecule has 1 aromatic carbocycles. The summed E-state index contributed by atoms with van der Waals surface area (Å²) in [5.41, 5.74) is 2.47. The zero-order valence-electron chi connectivity index (χ0n) is 15.5. The van der Waals surface area contributed by atoms with Gasteiger partial charge in [-0.25, -0.2) is 0 Å². The van der Waals surface area contributed by atoms with Crippen LogP contribution in [0.4, 0.5) is 5.69 Å². The van der Waals surface area contributed by atoms with Crippen molar-refractivity contribution in [2.24, 2.45) is 0 Å². The third-order valence-corrected chi connectivity index (χ3v) is 6.45. The number of nitrogens with zero attached hydrogens (tertiary/aromatic N) is 1. The first kappa shape index (κ1) is 17.7. The largest absolute Gasteiger partial charge is 0.486 e. The van der Waals surface area contributed by atoms with Gasteiger partial charge in [-0.2, -0.15) is 11.3 Å². The van der Waals surface area contributed by atoms with Crippen molar-refractivity contribution in [3.05, 3.63) is 40.1 Å².